The number of unbranched alkanes of at least 4 members (excludes halogenated alkanes) is 34. The molecule has 17 nitrogen and oxygen atoms in total. The van der Waals surface area contributed by atoms with Crippen LogP contribution >= 0.6 is 15.6 Å². The van der Waals surface area contributed by atoms with Crippen molar-refractivity contribution in [2.75, 3.05) is 39.6 Å². The van der Waals surface area contributed by atoms with E-state index in [9.17, 15) is 43.2 Å². The van der Waals surface area contributed by atoms with Gasteiger partial charge in [-0.1, -0.05) is 312 Å². The van der Waals surface area contributed by atoms with Crippen LogP contribution in [0.5, 0.6) is 0 Å². The standard InChI is InChI=1S/C73H142O17P2/c1-9-65(7)51-43-35-27-18-12-15-20-29-37-45-53-70(75)83-59-68(89-73(78)56-48-40-32-22-16-13-19-28-36-44-52-66(8)10-2)61-87-91(79,80)85-57-67(74)58-86-92(81,82)88-62-69(60-84-71(76)54-46-38-30-24-23-26-34-42-50-64(5)6)90-72(77)55-47-39-31-21-14-11-17-25-33-41-49-63(3)4/h63-69,74H,9-62H2,1-8H3,(H,79,80)(H,81,82)/t65?,66?,67?,68-,69-/m1/s1. The Kier molecular flexibility index (Phi) is 61.3. The molecule has 0 saturated carbocycles. The number of aliphatic hydroxyl groups excluding tert-OH is 1. The number of carbonyl (C=O) groups is 4. The molecule has 0 aliphatic heterocycles. The first-order chi connectivity index (χ1) is 44.2. The highest BCUT2D eigenvalue weighted by molar-refractivity contribution is 7.47. The van der Waals surface area contributed by atoms with Gasteiger partial charge in [0, 0.05) is 25.7 Å². The number of hydrogen-bond donors (Lipinski definition) is 3. The first-order valence-electron chi connectivity index (χ1n) is 37.8. The molecule has 0 amide bonds. The highest BCUT2D eigenvalue weighted by Crippen LogP contribution is 2.45. The van der Waals surface area contributed by atoms with Gasteiger partial charge in [-0.25, -0.2) is 9.13 Å². The van der Waals surface area contributed by atoms with Gasteiger partial charge in [-0.15, -0.1) is 0 Å². The fraction of sp³-hybridized carbons (Fsp3) is 0.945. The van der Waals surface area contributed by atoms with Crippen LogP contribution in [0.3, 0.4) is 0 Å². The van der Waals surface area contributed by atoms with Crippen molar-refractivity contribution < 1.29 is 80.2 Å². The first-order valence-corrected chi connectivity index (χ1v) is 40.8. The number of rotatable bonds is 70. The summed E-state index contributed by atoms with van der Waals surface area (Å²) in [6, 6.07) is 0. The second-order valence-corrected chi connectivity index (χ2v) is 30.7. The maximum Gasteiger partial charge on any atom is 0.472 e. The third-order valence-corrected chi connectivity index (χ3v) is 19.4. The van der Waals surface area contributed by atoms with E-state index >= 15 is 0 Å². The summed E-state index contributed by atoms with van der Waals surface area (Å²) in [5, 5.41) is 10.6. The molecule has 0 spiro atoms. The van der Waals surface area contributed by atoms with Gasteiger partial charge < -0.3 is 33.8 Å². The summed E-state index contributed by atoms with van der Waals surface area (Å²) in [7, 11) is -9.91. The molecule has 0 radical (unpaired) electrons. The molecule has 0 aliphatic carbocycles. The largest absolute Gasteiger partial charge is 0.472 e. The number of esters is 4. The Bertz CT molecular complexity index is 1820. The van der Waals surface area contributed by atoms with Gasteiger partial charge in [-0.05, 0) is 49.4 Å². The Labute approximate surface area is 562 Å². The van der Waals surface area contributed by atoms with E-state index in [4.69, 9.17) is 37.0 Å². The van der Waals surface area contributed by atoms with Crippen molar-refractivity contribution in [3.63, 3.8) is 0 Å². The molecule has 0 aromatic rings. The maximum absolute atomic E-state index is 13.1. The lowest BCUT2D eigenvalue weighted by Crippen LogP contribution is -2.30. The number of ether oxygens (including phenoxy) is 4. The van der Waals surface area contributed by atoms with E-state index in [0.717, 1.165) is 114 Å². The number of carbonyl (C=O) groups excluding carboxylic acids is 4. The highest BCUT2D eigenvalue weighted by atomic mass is 31.2. The summed E-state index contributed by atoms with van der Waals surface area (Å²) >= 11 is 0. The first kappa shape index (κ1) is 90.1. The Morgan fingerprint density at radius 1 is 0.304 bits per heavy atom. The fourth-order valence-electron chi connectivity index (χ4n) is 11.0. The topological polar surface area (TPSA) is 237 Å². The molecule has 0 aromatic carbocycles. The molecule has 19 heteroatoms. The minimum atomic E-state index is -4.96. The van der Waals surface area contributed by atoms with E-state index in [1.165, 1.54) is 167 Å². The highest BCUT2D eigenvalue weighted by Gasteiger charge is 2.30. The summed E-state index contributed by atoms with van der Waals surface area (Å²) in [6.07, 6.45) is 45.6. The third kappa shape index (κ3) is 64.1. The number of phosphoric acid groups is 2. The maximum atomic E-state index is 13.1. The molecule has 0 heterocycles. The van der Waals surface area contributed by atoms with E-state index in [2.05, 4.69) is 55.4 Å². The Morgan fingerprint density at radius 3 is 0.772 bits per heavy atom. The summed E-state index contributed by atoms with van der Waals surface area (Å²) in [4.78, 5) is 72.7. The monoisotopic (exact) mass is 1350 g/mol. The molecule has 3 N–H and O–H groups in total. The van der Waals surface area contributed by atoms with Gasteiger partial charge in [-0.2, -0.15) is 0 Å². The van der Waals surface area contributed by atoms with Crippen molar-refractivity contribution in [2.45, 2.75) is 382 Å². The Hall–Kier alpha value is -1.94. The van der Waals surface area contributed by atoms with E-state index in [1.54, 1.807) is 0 Å². The van der Waals surface area contributed by atoms with Crippen LogP contribution in [0.4, 0.5) is 0 Å². The zero-order valence-electron chi connectivity index (χ0n) is 60.2. The molecule has 0 rings (SSSR count). The minimum Gasteiger partial charge on any atom is -0.462 e. The molecule has 0 bridgehead atoms. The van der Waals surface area contributed by atoms with Crippen molar-refractivity contribution >= 4 is 39.5 Å². The van der Waals surface area contributed by atoms with Gasteiger partial charge in [0.15, 0.2) is 12.2 Å². The van der Waals surface area contributed by atoms with E-state index in [0.29, 0.717) is 25.7 Å². The van der Waals surface area contributed by atoms with Gasteiger partial charge in [0.2, 0.25) is 0 Å². The van der Waals surface area contributed by atoms with Crippen molar-refractivity contribution in [1.29, 1.82) is 0 Å². The van der Waals surface area contributed by atoms with E-state index in [-0.39, 0.29) is 25.7 Å². The molecule has 92 heavy (non-hydrogen) atoms. The average Bonchev–Trinajstić information content (AvgIpc) is 3.72. The van der Waals surface area contributed by atoms with Crippen molar-refractivity contribution in [3.05, 3.63) is 0 Å². The molecular weight excluding hydrogens is 1210 g/mol. The van der Waals surface area contributed by atoms with Crippen LogP contribution in [0.15, 0.2) is 0 Å². The summed E-state index contributed by atoms with van der Waals surface area (Å²) < 4.78 is 68.4. The lowest BCUT2D eigenvalue weighted by molar-refractivity contribution is -0.161. The van der Waals surface area contributed by atoms with E-state index < -0.39 is 97.5 Å². The zero-order chi connectivity index (χ0) is 68.2. The van der Waals surface area contributed by atoms with Gasteiger partial charge in [0.1, 0.15) is 19.3 Å². The number of aliphatic hydroxyl groups is 1. The quantitative estimate of drug-likeness (QED) is 0.0222. The van der Waals surface area contributed by atoms with Crippen LogP contribution in [0.25, 0.3) is 0 Å². The van der Waals surface area contributed by atoms with Gasteiger partial charge >= 0.3 is 39.5 Å². The van der Waals surface area contributed by atoms with Gasteiger partial charge in [-0.3, -0.25) is 37.3 Å². The van der Waals surface area contributed by atoms with Crippen LogP contribution in [0.2, 0.25) is 0 Å². The molecule has 0 aromatic heterocycles. The predicted molar refractivity (Wildman–Crippen MR) is 372 cm³/mol. The summed E-state index contributed by atoms with van der Waals surface area (Å²) in [5.41, 5.74) is 0. The van der Waals surface area contributed by atoms with Crippen LogP contribution in [-0.4, -0.2) is 96.7 Å². The lowest BCUT2D eigenvalue weighted by atomic mass is 9.99. The van der Waals surface area contributed by atoms with Crippen LogP contribution in [0.1, 0.15) is 364 Å². The SMILES string of the molecule is CCC(C)CCCCCCCCCCCCC(=O)OC[C@H](COP(=O)(O)OCC(O)COP(=O)(O)OC[C@@H](COC(=O)CCCCCCCCCCC(C)C)OC(=O)CCCCCCCCCCCCC(C)C)OC(=O)CCCCCCCCCCCCC(C)CC. The van der Waals surface area contributed by atoms with Crippen molar-refractivity contribution in [1.82, 2.24) is 0 Å². The predicted octanol–water partition coefficient (Wildman–Crippen LogP) is 20.9. The molecule has 0 saturated heterocycles. The molecule has 0 aliphatic rings. The van der Waals surface area contributed by atoms with Crippen molar-refractivity contribution in [3.8, 4) is 0 Å². The molecular formula is C73H142O17P2. The summed E-state index contributed by atoms with van der Waals surface area (Å²) in [5.74, 6) is 0.966. The number of hydrogen-bond acceptors (Lipinski definition) is 15. The molecule has 7 atom stereocenters. The summed E-state index contributed by atoms with van der Waals surface area (Å²) in [6.45, 7) is 14.2. The third-order valence-electron chi connectivity index (χ3n) is 17.5. The Balaban J connectivity index is 5.28. The second-order valence-electron chi connectivity index (χ2n) is 27.8. The normalized spacial score (nSPS) is 14.8. The smallest absolute Gasteiger partial charge is 0.462 e. The van der Waals surface area contributed by atoms with Gasteiger partial charge in [0.25, 0.3) is 0 Å². The Morgan fingerprint density at radius 2 is 0.522 bits per heavy atom. The molecule has 5 unspecified atom stereocenters. The fourth-order valence-corrected chi connectivity index (χ4v) is 12.5. The molecule has 546 valence electrons. The van der Waals surface area contributed by atoms with Crippen LogP contribution in [-0.2, 0) is 65.4 Å². The lowest BCUT2D eigenvalue weighted by Gasteiger charge is -2.21. The number of phosphoric ester groups is 2. The van der Waals surface area contributed by atoms with Gasteiger partial charge in [0.05, 0.1) is 26.4 Å². The molecule has 0 fully saturated rings. The average molecular weight is 1350 g/mol. The second kappa shape index (κ2) is 62.6. The van der Waals surface area contributed by atoms with Crippen LogP contribution in [0, 0.1) is 23.7 Å². The van der Waals surface area contributed by atoms with E-state index in [1.807, 2.05) is 0 Å². The van der Waals surface area contributed by atoms with Crippen molar-refractivity contribution in [2.24, 2.45) is 23.7 Å². The zero-order valence-corrected chi connectivity index (χ0v) is 62.0. The van der Waals surface area contributed by atoms with Crippen LogP contribution < -0.4 is 0 Å². The minimum absolute atomic E-state index is 0.105.